The molecule has 4 atom stereocenters. The fraction of sp³-hybridized carbons (Fsp3) is 0.548. The number of quaternary nitrogens is 1. The number of unbranched alkanes of at least 4 members (excludes halogenated alkanes) is 3. The molecule has 1 saturated heterocycles. The van der Waals surface area contributed by atoms with E-state index in [0.29, 0.717) is 10.0 Å². The Morgan fingerprint density at radius 2 is 1.34 bits per heavy atom. The number of nitrogens with one attached hydrogen (secondary N) is 1. The summed E-state index contributed by atoms with van der Waals surface area (Å²) in [5.41, 5.74) is 0.423. The van der Waals surface area contributed by atoms with Crippen molar-refractivity contribution < 1.29 is 47.6 Å². The van der Waals surface area contributed by atoms with E-state index in [2.05, 4.69) is 25.3 Å². The molecule has 0 spiro atoms. The SMILES string of the molecule is CCCC[NH+](CCCC)CCCC.O=C(OC[C@H]1O[C@H](OP(=O)([O-])O)C[C@@H]1OC(=O)c1ccc(Cl)cc1)c1ccc(Cl)cc1. The Balaban J connectivity index is 0.000000439. The molecule has 44 heavy (non-hydrogen) atoms. The molecule has 1 heterocycles. The number of carbonyl (C=O) groups is 2. The Morgan fingerprint density at radius 3 is 1.77 bits per heavy atom. The lowest BCUT2D eigenvalue weighted by atomic mass is 10.1. The van der Waals surface area contributed by atoms with Crippen LogP contribution in [0, 0.1) is 0 Å². The van der Waals surface area contributed by atoms with Crippen LogP contribution in [-0.2, 0) is 23.3 Å². The highest BCUT2D eigenvalue weighted by Gasteiger charge is 2.41. The Labute approximate surface area is 270 Å². The van der Waals surface area contributed by atoms with Gasteiger partial charge in [0.2, 0.25) is 0 Å². The molecule has 246 valence electrons. The van der Waals surface area contributed by atoms with Crippen LogP contribution in [0.4, 0.5) is 0 Å². The fourth-order valence-electron chi connectivity index (χ4n) is 4.44. The molecule has 13 heteroatoms. The number of phosphoric ester groups is 1. The van der Waals surface area contributed by atoms with Crippen LogP contribution in [0.3, 0.4) is 0 Å². The second-order valence-electron chi connectivity index (χ2n) is 10.5. The summed E-state index contributed by atoms with van der Waals surface area (Å²) < 4.78 is 31.4. The van der Waals surface area contributed by atoms with Gasteiger partial charge in [0.15, 0.2) is 6.29 Å². The Hall–Kier alpha value is -2.01. The lowest BCUT2D eigenvalue weighted by molar-refractivity contribution is -0.900. The molecule has 0 aliphatic carbocycles. The third-order valence-corrected chi connectivity index (χ3v) is 7.87. The number of carbonyl (C=O) groups excluding carboxylic acids is 2. The number of hydrogen-bond donors (Lipinski definition) is 2. The molecular formula is C31H44Cl2NO9P. The van der Waals surface area contributed by atoms with Crippen molar-refractivity contribution in [2.24, 2.45) is 0 Å². The van der Waals surface area contributed by atoms with Gasteiger partial charge in [-0.25, -0.2) is 9.59 Å². The second-order valence-corrected chi connectivity index (χ2v) is 12.6. The molecule has 2 aromatic carbocycles. The Bertz CT molecular complexity index is 1160. The standard InChI is InChI=1S/C19H17Cl2O9P.C12H27N/c20-13-5-1-11(2-6-13)18(22)27-10-16-15(9-17(28-16)30-31(24,25)26)29-19(23)12-3-7-14(21)8-4-12;1-4-7-10-13(11-8-5-2)12-9-6-3/h1-8,15-17H,9-10H2,(H2,24,25,26);4-12H2,1-3H3/t15-,16+,17+;/m0./s1. The fourth-order valence-corrected chi connectivity index (χ4v) is 5.13. The minimum atomic E-state index is -5.11. The molecule has 1 unspecified atom stereocenters. The number of ether oxygens (including phenoxy) is 3. The molecule has 0 bridgehead atoms. The second kappa shape index (κ2) is 20.2. The van der Waals surface area contributed by atoms with Gasteiger partial charge in [0.25, 0.3) is 7.82 Å². The van der Waals surface area contributed by atoms with Gasteiger partial charge in [0.1, 0.15) is 18.8 Å². The van der Waals surface area contributed by atoms with Gasteiger partial charge in [0, 0.05) is 16.5 Å². The zero-order valence-corrected chi connectivity index (χ0v) is 28.0. The summed E-state index contributed by atoms with van der Waals surface area (Å²) in [7, 11) is -5.11. The number of esters is 2. The quantitative estimate of drug-likeness (QED) is 0.181. The first-order chi connectivity index (χ1) is 20.9. The lowest BCUT2D eigenvalue weighted by Crippen LogP contribution is -3.12. The van der Waals surface area contributed by atoms with Crippen molar-refractivity contribution >= 4 is 43.0 Å². The van der Waals surface area contributed by atoms with E-state index in [0.717, 1.165) is 0 Å². The van der Waals surface area contributed by atoms with Crippen LogP contribution in [0.1, 0.15) is 86.4 Å². The summed E-state index contributed by atoms with van der Waals surface area (Å²) >= 11 is 11.6. The van der Waals surface area contributed by atoms with Gasteiger partial charge in [-0.3, -0.25) is 9.09 Å². The van der Waals surface area contributed by atoms with E-state index >= 15 is 0 Å². The molecule has 0 radical (unpaired) electrons. The van der Waals surface area contributed by atoms with Gasteiger partial charge >= 0.3 is 11.9 Å². The highest BCUT2D eigenvalue weighted by molar-refractivity contribution is 7.44. The topological polar surface area (TPSA) is 136 Å². The molecule has 0 saturated carbocycles. The van der Waals surface area contributed by atoms with E-state index in [-0.39, 0.29) is 24.2 Å². The predicted molar refractivity (Wildman–Crippen MR) is 167 cm³/mol. The number of halogens is 2. The average molecular weight is 677 g/mol. The van der Waals surface area contributed by atoms with E-state index < -0.39 is 38.3 Å². The van der Waals surface area contributed by atoms with Gasteiger partial charge in [-0.2, -0.15) is 0 Å². The maximum absolute atomic E-state index is 12.4. The molecule has 0 aromatic heterocycles. The smallest absolute Gasteiger partial charge is 0.338 e. The molecule has 10 nitrogen and oxygen atoms in total. The van der Waals surface area contributed by atoms with Gasteiger partial charge < -0.3 is 28.9 Å². The summed E-state index contributed by atoms with van der Waals surface area (Å²) in [5, 5.41) is 0.867. The van der Waals surface area contributed by atoms with E-state index in [4.69, 9.17) is 42.3 Å². The molecule has 3 rings (SSSR count). The van der Waals surface area contributed by atoms with Crippen LogP contribution in [-0.4, -0.2) is 61.6 Å². The van der Waals surface area contributed by atoms with Crippen LogP contribution in [0.5, 0.6) is 0 Å². The molecule has 0 amide bonds. The minimum absolute atomic E-state index is 0.197. The first kappa shape index (κ1) is 38.2. The summed E-state index contributed by atoms with van der Waals surface area (Å²) in [5.74, 6) is -1.42. The van der Waals surface area contributed by atoms with Gasteiger partial charge in [-0.05, 0) is 67.8 Å². The third-order valence-electron chi connectivity index (χ3n) is 6.87. The molecular weight excluding hydrogens is 632 g/mol. The highest BCUT2D eigenvalue weighted by atomic mass is 35.5. The van der Waals surface area contributed by atoms with Crippen LogP contribution < -0.4 is 9.79 Å². The third kappa shape index (κ3) is 14.8. The maximum Gasteiger partial charge on any atom is 0.338 e. The van der Waals surface area contributed by atoms with Crippen molar-refractivity contribution in [2.75, 3.05) is 26.2 Å². The minimum Gasteiger partial charge on any atom is -0.756 e. The summed E-state index contributed by atoms with van der Waals surface area (Å²) in [6.07, 6.45) is 4.58. The normalized spacial score (nSPS) is 19.1. The van der Waals surface area contributed by atoms with Gasteiger partial charge in [-0.15, -0.1) is 0 Å². The first-order valence-electron chi connectivity index (χ1n) is 15.1. The van der Waals surface area contributed by atoms with Crippen LogP contribution >= 0.6 is 31.0 Å². The summed E-state index contributed by atoms with van der Waals surface area (Å²) in [4.78, 5) is 46.4. The Kier molecular flexibility index (Phi) is 17.5. The monoisotopic (exact) mass is 675 g/mol. The average Bonchev–Trinajstić information content (AvgIpc) is 3.35. The number of hydrogen-bond acceptors (Lipinski definition) is 8. The van der Waals surface area contributed by atoms with Crippen LogP contribution in [0.15, 0.2) is 48.5 Å². The van der Waals surface area contributed by atoms with Crippen molar-refractivity contribution in [2.45, 2.75) is 84.2 Å². The first-order valence-corrected chi connectivity index (χ1v) is 17.3. The van der Waals surface area contributed by atoms with E-state index in [1.54, 1.807) is 0 Å². The summed E-state index contributed by atoms with van der Waals surface area (Å²) in [6, 6.07) is 11.8. The maximum atomic E-state index is 12.4. The van der Waals surface area contributed by atoms with E-state index in [9.17, 15) is 19.0 Å². The number of rotatable bonds is 16. The van der Waals surface area contributed by atoms with Crippen LogP contribution in [0.2, 0.25) is 10.0 Å². The molecule has 1 fully saturated rings. The number of benzene rings is 2. The zero-order valence-electron chi connectivity index (χ0n) is 25.5. The van der Waals surface area contributed by atoms with Gasteiger partial charge in [-0.1, -0.05) is 63.2 Å². The van der Waals surface area contributed by atoms with E-state index in [1.807, 2.05) is 4.90 Å². The van der Waals surface area contributed by atoms with Crippen molar-refractivity contribution in [3.8, 4) is 0 Å². The van der Waals surface area contributed by atoms with Gasteiger partial charge in [0.05, 0.1) is 30.8 Å². The van der Waals surface area contributed by atoms with E-state index in [1.165, 1.54) is 107 Å². The Morgan fingerprint density at radius 1 is 0.886 bits per heavy atom. The summed E-state index contributed by atoms with van der Waals surface area (Å²) in [6.45, 7) is 10.7. The highest BCUT2D eigenvalue weighted by Crippen LogP contribution is 2.38. The van der Waals surface area contributed by atoms with Crippen molar-refractivity contribution in [1.29, 1.82) is 0 Å². The molecule has 1 aliphatic rings. The lowest BCUT2D eigenvalue weighted by Gasteiger charge is -2.20. The van der Waals surface area contributed by atoms with Crippen molar-refractivity contribution in [1.82, 2.24) is 0 Å². The zero-order chi connectivity index (χ0) is 32.5. The van der Waals surface area contributed by atoms with Crippen molar-refractivity contribution in [3.05, 3.63) is 69.7 Å². The largest absolute Gasteiger partial charge is 0.756 e. The molecule has 1 aliphatic heterocycles. The molecule has 2 N–H and O–H groups in total. The van der Waals surface area contributed by atoms with Crippen LogP contribution in [0.25, 0.3) is 0 Å². The molecule has 2 aromatic rings. The van der Waals surface area contributed by atoms with Crippen molar-refractivity contribution in [3.63, 3.8) is 0 Å². The number of phosphoric acid groups is 1. The predicted octanol–water partition coefficient (Wildman–Crippen LogP) is 5.24.